The summed E-state index contributed by atoms with van der Waals surface area (Å²) in [6.07, 6.45) is 3.05. The Balaban J connectivity index is 1.77. The molecule has 4 nitrogen and oxygen atoms in total. The van der Waals surface area contributed by atoms with Crippen molar-refractivity contribution in [3.8, 4) is 0 Å². The van der Waals surface area contributed by atoms with Crippen molar-refractivity contribution in [2.45, 2.75) is 38.1 Å². The van der Waals surface area contributed by atoms with Crippen molar-refractivity contribution >= 4 is 34.2 Å². The first-order chi connectivity index (χ1) is 9.70. The Labute approximate surface area is 127 Å². The van der Waals surface area contributed by atoms with Crippen LogP contribution in [0.1, 0.15) is 36.3 Å². The molecular weight excluding hydrogens is 292 g/mol. The van der Waals surface area contributed by atoms with Gasteiger partial charge in [0.1, 0.15) is 5.92 Å². The van der Waals surface area contributed by atoms with Gasteiger partial charge in [0.15, 0.2) is 5.13 Å². The predicted molar refractivity (Wildman–Crippen MR) is 83.9 cm³/mol. The second-order valence-electron chi connectivity index (χ2n) is 5.28. The molecule has 2 aliphatic rings. The molecule has 1 aliphatic carbocycles. The molecule has 3 rings (SSSR count). The monoisotopic (exact) mass is 312 g/mol. The highest BCUT2D eigenvalue weighted by Gasteiger charge is 2.34. The Bertz CT molecular complexity index is 497. The van der Waals surface area contributed by atoms with Gasteiger partial charge in [-0.2, -0.15) is 11.8 Å². The van der Waals surface area contributed by atoms with Gasteiger partial charge in [0.2, 0.25) is 0 Å². The minimum atomic E-state index is -0.138. The molecule has 1 saturated heterocycles. The highest BCUT2D eigenvalue weighted by atomic mass is 32.2. The van der Waals surface area contributed by atoms with Crippen LogP contribution in [-0.4, -0.2) is 42.2 Å². The molecule has 2 heterocycles. The van der Waals surface area contributed by atoms with Crippen LogP contribution in [0, 0.1) is 0 Å². The molecule has 1 aliphatic heterocycles. The first-order valence-corrected chi connectivity index (χ1v) is 9.14. The SMILES string of the molecule is CCOC(=O)C1CCc2sc(N(C)C3CCSC3)nc21. The van der Waals surface area contributed by atoms with Gasteiger partial charge in [0, 0.05) is 23.7 Å². The van der Waals surface area contributed by atoms with E-state index in [9.17, 15) is 4.79 Å². The average Bonchev–Trinajstić information content (AvgIpc) is 3.14. The first kappa shape index (κ1) is 14.2. The molecular formula is C14H20N2O2S2. The number of hydrogen-bond acceptors (Lipinski definition) is 6. The molecule has 0 spiro atoms. The maximum atomic E-state index is 12.0. The van der Waals surface area contributed by atoms with E-state index in [1.54, 1.807) is 11.3 Å². The van der Waals surface area contributed by atoms with E-state index in [-0.39, 0.29) is 11.9 Å². The fraction of sp³-hybridized carbons (Fsp3) is 0.714. The van der Waals surface area contributed by atoms with Crippen LogP contribution in [0.2, 0.25) is 0 Å². The molecule has 0 saturated carbocycles. The molecule has 1 aromatic rings. The van der Waals surface area contributed by atoms with Crippen LogP contribution in [-0.2, 0) is 16.0 Å². The lowest BCUT2D eigenvalue weighted by Crippen LogP contribution is -2.31. The summed E-state index contributed by atoms with van der Waals surface area (Å²) in [5.41, 5.74) is 0.973. The topological polar surface area (TPSA) is 42.4 Å². The molecule has 0 N–H and O–H groups in total. The lowest BCUT2D eigenvalue weighted by molar-refractivity contribution is -0.145. The summed E-state index contributed by atoms with van der Waals surface area (Å²) in [6.45, 7) is 2.30. The number of hydrogen-bond donors (Lipinski definition) is 0. The van der Waals surface area contributed by atoms with Gasteiger partial charge in [0.25, 0.3) is 0 Å². The molecule has 0 amide bonds. The summed E-state index contributed by atoms with van der Waals surface area (Å²) in [5.74, 6) is 2.18. The number of anilines is 1. The summed E-state index contributed by atoms with van der Waals surface area (Å²) < 4.78 is 5.16. The van der Waals surface area contributed by atoms with Crippen molar-refractivity contribution < 1.29 is 9.53 Å². The van der Waals surface area contributed by atoms with Crippen molar-refractivity contribution in [3.63, 3.8) is 0 Å². The van der Waals surface area contributed by atoms with E-state index in [0.29, 0.717) is 12.6 Å². The molecule has 110 valence electrons. The molecule has 0 bridgehead atoms. The smallest absolute Gasteiger partial charge is 0.315 e. The quantitative estimate of drug-likeness (QED) is 0.800. The van der Waals surface area contributed by atoms with Crippen LogP contribution in [0.25, 0.3) is 0 Å². The van der Waals surface area contributed by atoms with Crippen molar-refractivity contribution in [2.75, 3.05) is 30.1 Å². The minimum Gasteiger partial charge on any atom is -0.465 e. The van der Waals surface area contributed by atoms with Crippen molar-refractivity contribution in [2.24, 2.45) is 0 Å². The number of ether oxygens (including phenoxy) is 1. The average molecular weight is 312 g/mol. The molecule has 1 aromatic heterocycles. The largest absolute Gasteiger partial charge is 0.465 e. The third-order valence-corrected chi connectivity index (χ3v) is 6.40. The van der Waals surface area contributed by atoms with Gasteiger partial charge in [-0.3, -0.25) is 4.79 Å². The van der Waals surface area contributed by atoms with E-state index in [1.807, 2.05) is 18.7 Å². The standard InChI is InChI=1S/C14H20N2O2S2/c1-3-18-13(17)10-4-5-11-12(10)15-14(20-11)16(2)9-6-7-19-8-9/h9-10H,3-8H2,1-2H3. The molecule has 0 radical (unpaired) electrons. The van der Waals surface area contributed by atoms with E-state index in [4.69, 9.17) is 9.72 Å². The Kier molecular flexibility index (Phi) is 4.21. The van der Waals surface area contributed by atoms with Gasteiger partial charge in [-0.25, -0.2) is 4.98 Å². The molecule has 0 aromatic carbocycles. The Hall–Kier alpha value is -0.750. The second-order valence-corrected chi connectivity index (χ2v) is 7.49. The van der Waals surface area contributed by atoms with Gasteiger partial charge in [-0.05, 0) is 31.9 Å². The molecule has 2 unspecified atom stereocenters. The molecule has 20 heavy (non-hydrogen) atoms. The summed E-state index contributed by atoms with van der Waals surface area (Å²) in [7, 11) is 2.13. The van der Waals surface area contributed by atoms with Gasteiger partial charge in [-0.15, -0.1) is 11.3 Å². The fourth-order valence-corrected chi connectivity index (χ4v) is 5.26. The van der Waals surface area contributed by atoms with E-state index in [0.717, 1.165) is 23.7 Å². The number of fused-ring (bicyclic) bond motifs is 1. The Morgan fingerprint density at radius 1 is 1.50 bits per heavy atom. The maximum Gasteiger partial charge on any atom is 0.315 e. The number of rotatable bonds is 4. The lowest BCUT2D eigenvalue weighted by atomic mass is 10.1. The summed E-state index contributed by atoms with van der Waals surface area (Å²) in [4.78, 5) is 20.3. The summed E-state index contributed by atoms with van der Waals surface area (Å²) in [5, 5.41) is 1.07. The number of thiazole rings is 1. The van der Waals surface area contributed by atoms with E-state index in [2.05, 4.69) is 11.9 Å². The number of aromatic nitrogens is 1. The Morgan fingerprint density at radius 2 is 2.35 bits per heavy atom. The number of aryl methyl sites for hydroxylation is 1. The van der Waals surface area contributed by atoms with E-state index in [1.165, 1.54) is 22.8 Å². The third-order valence-electron chi connectivity index (χ3n) is 4.03. The van der Waals surface area contributed by atoms with Crippen molar-refractivity contribution in [1.82, 2.24) is 4.98 Å². The molecule has 1 fully saturated rings. The number of thioether (sulfide) groups is 1. The lowest BCUT2D eigenvalue weighted by Gasteiger charge is -2.23. The number of carbonyl (C=O) groups excluding carboxylic acids is 1. The van der Waals surface area contributed by atoms with Gasteiger partial charge in [-0.1, -0.05) is 0 Å². The van der Waals surface area contributed by atoms with Gasteiger partial charge < -0.3 is 9.64 Å². The van der Waals surface area contributed by atoms with Gasteiger partial charge in [0.05, 0.1) is 12.3 Å². The van der Waals surface area contributed by atoms with E-state index < -0.39 is 0 Å². The second kappa shape index (κ2) is 5.93. The highest BCUT2D eigenvalue weighted by Crippen LogP contribution is 2.40. The van der Waals surface area contributed by atoms with Crippen LogP contribution in [0.5, 0.6) is 0 Å². The zero-order valence-corrected chi connectivity index (χ0v) is 13.6. The molecule has 2 atom stereocenters. The normalized spacial score (nSPS) is 24.7. The van der Waals surface area contributed by atoms with Crippen molar-refractivity contribution in [3.05, 3.63) is 10.6 Å². The van der Waals surface area contributed by atoms with Crippen LogP contribution < -0.4 is 4.90 Å². The molecule has 6 heteroatoms. The van der Waals surface area contributed by atoms with Crippen LogP contribution in [0.4, 0.5) is 5.13 Å². The minimum absolute atomic E-state index is 0.109. The number of nitrogens with zero attached hydrogens (tertiary/aromatic N) is 2. The number of esters is 1. The Morgan fingerprint density at radius 3 is 3.05 bits per heavy atom. The predicted octanol–water partition coefficient (Wildman–Crippen LogP) is 2.68. The maximum absolute atomic E-state index is 12.0. The van der Waals surface area contributed by atoms with Crippen LogP contribution in [0.3, 0.4) is 0 Å². The van der Waals surface area contributed by atoms with Gasteiger partial charge >= 0.3 is 5.97 Å². The first-order valence-electron chi connectivity index (χ1n) is 7.17. The number of carbonyl (C=O) groups is 1. The zero-order valence-electron chi connectivity index (χ0n) is 11.9. The fourth-order valence-electron chi connectivity index (χ4n) is 2.82. The van der Waals surface area contributed by atoms with Crippen molar-refractivity contribution in [1.29, 1.82) is 0 Å². The van der Waals surface area contributed by atoms with E-state index >= 15 is 0 Å². The zero-order chi connectivity index (χ0) is 14.1. The third kappa shape index (κ3) is 2.55. The summed E-state index contributed by atoms with van der Waals surface area (Å²) >= 11 is 3.76. The summed E-state index contributed by atoms with van der Waals surface area (Å²) in [6, 6.07) is 0.590. The highest BCUT2D eigenvalue weighted by molar-refractivity contribution is 7.99. The van der Waals surface area contributed by atoms with Crippen LogP contribution in [0.15, 0.2) is 0 Å². The van der Waals surface area contributed by atoms with Crippen LogP contribution >= 0.6 is 23.1 Å².